The predicted molar refractivity (Wildman–Crippen MR) is 131 cm³/mol. The van der Waals surface area contributed by atoms with Gasteiger partial charge in [0.1, 0.15) is 12.2 Å². The Kier molecular flexibility index (Phi) is 8.10. The quantitative estimate of drug-likeness (QED) is 0.556. The first-order valence-corrected chi connectivity index (χ1v) is 12.5. The van der Waals surface area contributed by atoms with Crippen LogP contribution in [0.2, 0.25) is 0 Å². The molecule has 2 aliphatic heterocycles. The number of fused-ring (bicyclic) bond motifs is 1. The van der Waals surface area contributed by atoms with Crippen molar-refractivity contribution in [3.8, 4) is 12.3 Å². The molecule has 0 unspecified atom stereocenters. The van der Waals surface area contributed by atoms with Crippen molar-refractivity contribution in [1.82, 2.24) is 25.1 Å². The molecule has 2 N–H and O–H groups in total. The number of hydrazine groups is 1. The molecule has 0 spiro atoms. The number of aliphatic carboxylic acids is 1. The molecular weight excluding hydrogens is 462 g/mol. The molecule has 192 valence electrons. The average Bonchev–Trinajstić information content (AvgIpc) is 2.88. The zero-order chi connectivity index (χ0) is 25.7. The van der Waals surface area contributed by atoms with E-state index in [1.54, 1.807) is 4.90 Å². The fourth-order valence-electron chi connectivity index (χ4n) is 5.51. The number of terminal acetylenes is 1. The molecule has 36 heavy (non-hydrogen) atoms. The molecule has 0 aromatic heterocycles. The Bertz CT molecular complexity index is 1020. The van der Waals surface area contributed by atoms with E-state index in [9.17, 15) is 24.3 Å². The van der Waals surface area contributed by atoms with Crippen molar-refractivity contribution in [2.45, 2.75) is 69.7 Å². The van der Waals surface area contributed by atoms with Crippen LogP contribution in [0, 0.1) is 12.3 Å². The highest BCUT2D eigenvalue weighted by Gasteiger charge is 2.52. The van der Waals surface area contributed by atoms with E-state index in [-0.39, 0.29) is 56.9 Å². The lowest BCUT2D eigenvalue weighted by atomic mass is 9.91. The lowest BCUT2D eigenvalue weighted by molar-refractivity contribution is -0.192. The van der Waals surface area contributed by atoms with E-state index in [0.29, 0.717) is 0 Å². The third-order valence-electron chi connectivity index (χ3n) is 7.19. The number of amides is 4. The van der Waals surface area contributed by atoms with Gasteiger partial charge in [-0.2, -0.15) is 5.01 Å². The first-order chi connectivity index (χ1) is 17.4. The minimum atomic E-state index is -1.04. The molecule has 4 amide bonds. The van der Waals surface area contributed by atoms with Crippen molar-refractivity contribution >= 4 is 23.8 Å². The number of rotatable bonds is 7. The van der Waals surface area contributed by atoms with Gasteiger partial charge < -0.3 is 20.2 Å². The highest BCUT2D eigenvalue weighted by Crippen LogP contribution is 2.32. The van der Waals surface area contributed by atoms with Crippen LogP contribution in [0.1, 0.15) is 50.5 Å². The molecule has 1 aromatic carbocycles. The van der Waals surface area contributed by atoms with Gasteiger partial charge in [0.25, 0.3) is 0 Å². The number of carboxylic acid groups (broad SMARTS) is 1. The van der Waals surface area contributed by atoms with E-state index in [0.717, 1.165) is 37.7 Å². The number of benzene rings is 1. The Morgan fingerprint density at radius 3 is 2.50 bits per heavy atom. The van der Waals surface area contributed by atoms with Crippen LogP contribution in [0.5, 0.6) is 0 Å². The Morgan fingerprint density at radius 2 is 1.83 bits per heavy atom. The zero-order valence-corrected chi connectivity index (χ0v) is 20.3. The minimum absolute atomic E-state index is 0.00571. The molecule has 1 aromatic rings. The molecule has 3 fully saturated rings. The van der Waals surface area contributed by atoms with Crippen molar-refractivity contribution in [3.63, 3.8) is 0 Å². The van der Waals surface area contributed by atoms with Crippen LogP contribution in [0.3, 0.4) is 0 Å². The van der Waals surface area contributed by atoms with Crippen LogP contribution in [0.4, 0.5) is 4.79 Å². The maximum Gasteiger partial charge on any atom is 0.334 e. The number of carboxylic acids is 1. The third-order valence-corrected chi connectivity index (χ3v) is 7.19. The van der Waals surface area contributed by atoms with Crippen LogP contribution < -0.4 is 5.32 Å². The second-order valence-corrected chi connectivity index (χ2v) is 9.53. The van der Waals surface area contributed by atoms with E-state index in [4.69, 9.17) is 6.42 Å². The summed E-state index contributed by atoms with van der Waals surface area (Å²) in [4.78, 5) is 55.0. The maximum atomic E-state index is 13.6. The van der Waals surface area contributed by atoms with Gasteiger partial charge in [0.2, 0.25) is 11.8 Å². The van der Waals surface area contributed by atoms with Gasteiger partial charge in [0.05, 0.1) is 19.6 Å². The summed E-state index contributed by atoms with van der Waals surface area (Å²) in [6, 6.07) is 8.11. The number of nitrogens with one attached hydrogen (secondary N) is 1. The highest BCUT2D eigenvalue weighted by molar-refractivity contribution is 5.92. The number of urea groups is 1. The summed E-state index contributed by atoms with van der Waals surface area (Å²) in [7, 11) is 0. The number of carbonyl (C=O) groups is 4. The summed E-state index contributed by atoms with van der Waals surface area (Å²) in [6.45, 7) is 0.332. The Hall–Kier alpha value is -3.58. The molecule has 10 heteroatoms. The second kappa shape index (κ2) is 11.4. The third kappa shape index (κ3) is 5.46. The summed E-state index contributed by atoms with van der Waals surface area (Å²) in [5.41, 5.74) is 0.918. The van der Waals surface area contributed by atoms with Gasteiger partial charge in [-0.15, -0.1) is 6.42 Å². The van der Waals surface area contributed by atoms with Gasteiger partial charge in [0, 0.05) is 19.0 Å². The van der Waals surface area contributed by atoms with Crippen LogP contribution in [-0.2, 0) is 20.9 Å². The van der Waals surface area contributed by atoms with Crippen LogP contribution in [-0.4, -0.2) is 86.6 Å². The molecule has 4 rings (SSSR count). The van der Waals surface area contributed by atoms with Gasteiger partial charge in [-0.05, 0) is 24.8 Å². The van der Waals surface area contributed by atoms with E-state index in [2.05, 4.69) is 11.2 Å². The minimum Gasteiger partial charge on any atom is -0.481 e. The van der Waals surface area contributed by atoms with E-state index < -0.39 is 24.2 Å². The Balaban J connectivity index is 1.65. The highest BCUT2D eigenvalue weighted by atomic mass is 16.4. The van der Waals surface area contributed by atoms with Gasteiger partial charge in [-0.3, -0.25) is 14.4 Å². The molecule has 3 aliphatic rings. The number of nitrogens with zero attached hydrogens (tertiary/aromatic N) is 4. The van der Waals surface area contributed by atoms with E-state index in [1.165, 1.54) is 14.9 Å². The van der Waals surface area contributed by atoms with Gasteiger partial charge in [-0.1, -0.05) is 55.5 Å². The van der Waals surface area contributed by atoms with Crippen LogP contribution in [0.25, 0.3) is 0 Å². The molecule has 2 atom stereocenters. The summed E-state index contributed by atoms with van der Waals surface area (Å²) in [5, 5.41) is 15.2. The normalized spacial score (nSPS) is 23.2. The fourth-order valence-corrected chi connectivity index (χ4v) is 5.51. The van der Waals surface area contributed by atoms with E-state index in [1.807, 2.05) is 30.3 Å². The molecule has 2 heterocycles. The van der Waals surface area contributed by atoms with Gasteiger partial charge >= 0.3 is 12.0 Å². The largest absolute Gasteiger partial charge is 0.481 e. The molecule has 10 nitrogen and oxygen atoms in total. The maximum absolute atomic E-state index is 13.6. The number of hydrogen-bond acceptors (Lipinski definition) is 5. The lowest BCUT2D eigenvalue weighted by Gasteiger charge is -2.56. The van der Waals surface area contributed by atoms with Crippen LogP contribution in [0.15, 0.2) is 30.3 Å². The SMILES string of the molecule is C#CCN1CC(=O)N2[C@@H](CCC(=O)O)C(=O)N(C3CCCCC3)C[C@@H]2N1C(=O)NCc1ccccc1. The summed E-state index contributed by atoms with van der Waals surface area (Å²) >= 11 is 0. The van der Waals surface area contributed by atoms with Crippen molar-refractivity contribution in [1.29, 1.82) is 0 Å². The van der Waals surface area contributed by atoms with Gasteiger partial charge in [-0.25, -0.2) is 9.80 Å². The van der Waals surface area contributed by atoms with Crippen LogP contribution >= 0.6 is 0 Å². The van der Waals surface area contributed by atoms with Crippen molar-refractivity contribution < 1.29 is 24.3 Å². The molecule has 0 bridgehead atoms. The number of hydrogen-bond donors (Lipinski definition) is 2. The average molecular weight is 496 g/mol. The molecule has 1 aliphatic carbocycles. The zero-order valence-electron chi connectivity index (χ0n) is 20.3. The predicted octanol–water partition coefficient (Wildman–Crippen LogP) is 1.63. The summed E-state index contributed by atoms with van der Waals surface area (Å²) in [5.74, 6) is 0.913. The standard InChI is InChI=1S/C26H33N5O5/c1-2-15-28-18-23(32)30-21(13-14-24(33)34)25(35)29(20-11-7-4-8-12-20)17-22(30)31(28)26(36)27-16-19-9-5-3-6-10-19/h1,3,5-6,9-10,20-22H,4,7-8,11-18H2,(H,27,36)(H,33,34)/t21-,22-/m0/s1. The van der Waals surface area contributed by atoms with E-state index >= 15 is 0 Å². The lowest BCUT2D eigenvalue weighted by Crippen LogP contribution is -2.77. The summed E-state index contributed by atoms with van der Waals surface area (Å²) < 4.78 is 0. The summed E-state index contributed by atoms with van der Waals surface area (Å²) in [6.07, 6.45) is 9.37. The topological polar surface area (TPSA) is 114 Å². The smallest absolute Gasteiger partial charge is 0.334 e. The van der Waals surface area contributed by atoms with Crippen molar-refractivity contribution in [2.24, 2.45) is 0 Å². The molecule has 1 saturated carbocycles. The monoisotopic (exact) mass is 495 g/mol. The Morgan fingerprint density at radius 1 is 1.11 bits per heavy atom. The molecular formula is C26H33N5O5. The fraction of sp³-hybridized carbons (Fsp3) is 0.538. The Labute approximate surface area is 211 Å². The first-order valence-electron chi connectivity index (χ1n) is 12.5. The van der Waals surface area contributed by atoms with Crippen molar-refractivity contribution in [2.75, 3.05) is 19.6 Å². The van der Waals surface area contributed by atoms with Crippen molar-refractivity contribution in [3.05, 3.63) is 35.9 Å². The second-order valence-electron chi connectivity index (χ2n) is 9.53. The molecule has 2 saturated heterocycles. The molecule has 0 radical (unpaired) electrons. The first kappa shape index (κ1) is 25.5. The van der Waals surface area contributed by atoms with Gasteiger partial charge in [0.15, 0.2) is 0 Å². The number of piperazine rings is 1. The number of carbonyl (C=O) groups excluding carboxylic acids is 3.